The molecule has 136 valence electrons. The lowest BCUT2D eigenvalue weighted by atomic mass is 10.1. The molecular formula is C20H15ClN2O4. The molecule has 0 unspecified atom stereocenters. The van der Waals surface area contributed by atoms with E-state index in [0.29, 0.717) is 12.4 Å². The smallest absolute Gasteiger partial charge is 0.335 e. The molecule has 0 saturated carbocycles. The summed E-state index contributed by atoms with van der Waals surface area (Å²) in [6.07, 6.45) is 3.28. The molecule has 0 radical (unpaired) electrons. The fourth-order valence-corrected chi connectivity index (χ4v) is 2.67. The van der Waals surface area contributed by atoms with E-state index in [0.717, 1.165) is 5.56 Å². The van der Waals surface area contributed by atoms with Crippen LogP contribution in [-0.2, 0) is 0 Å². The van der Waals surface area contributed by atoms with Gasteiger partial charge in [0.25, 0.3) is 5.56 Å². The molecule has 0 amide bonds. The molecule has 6 nitrogen and oxygen atoms in total. The van der Waals surface area contributed by atoms with Gasteiger partial charge in [0.15, 0.2) is 5.82 Å². The Balaban J connectivity index is 2.00. The van der Waals surface area contributed by atoms with Crippen LogP contribution in [0.1, 0.15) is 21.7 Å². The quantitative estimate of drug-likeness (QED) is 0.630. The Morgan fingerprint density at radius 1 is 1.30 bits per heavy atom. The number of ether oxygens (including phenoxy) is 1. The van der Waals surface area contributed by atoms with Crippen molar-refractivity contribution in [1.29, 1.82) is 0 Å². The number of hydrogen-bond donors (Lipinski definition) is 2. The summed E-state index contributed by atoms with van der Waals surface area (Å²) in [4.78, 5) is 30.3. The SMILES string of the molecule is C=CCOc1cccc(C=C(Cl)c2nc3cc(C(=O)O)ccc3c(=O)[nH]2)c1. The largest absolute Gasteiger partial charge is 0.490 e. The van der Waals surface area contributed by atoms with Crippen LogP contribution in [0.4, 0.5) is 0 Å². The lowest BCUT2D eigenvalue weighted by molar-refractivity contribution is 0.0697. The van der Waals surface area contributed by atoms with E-state index in [1.165, 1.54) is 18.2 Å². The highest BCUT2D eigenvalue weighted by molar-refractivity contribution is 6.50. The van der Waals surface area contributed by atoms with Crippen molar-refractivity contribution >= 4 is 39.6 Å². The first-order valence-electron chi connectivity index (χ1n) is 7.96. The number of benzene rings is 2. The zero-order valence-corrected chi connectivity index (χ0v) is 14.9. The second-order valence-electron chi connectivity index (χ2n) is 5.62. The Morgan fingerprint density at radius 3 is 2.85 bits per heavy atom. The van der Waals surface area contributed by atoms with Crippen molar-refractivity contribution in [3.63, 3.8) is 0 Å². The van der Waals surface area contributed by atoms with Crippen LogP contribution < -0.4 is 10.3 Å². The van der Waals surface area contributed by atoms with Crippen LogP contribution in [0.25, 0.3) is 22.0 Å². The number of carboxylic acid groups (broad SMARTS) is 1. The molecule has 3 aromatic rings. The number of nitrogens with one attached hydrogen (secondary N) is 1. The predicted molar refractivity (Wildman–Crippen MR) is 105 cm³/mol. The van der Waals surface area contributed by atoms with E-state index >= 15 is 0 Å². The lowest BCUT2D eigenvalue weighted by Gasteiger charge is -2.05. The maximum absolute atomic E-state index is 12.3. The number of hydrogen-bond acceptors (Lipinski definition) is 4. The van der Waals surface area contributed by atoms with Gasteiger partial charge in [-0.3, -0.25) is 4.79 Å². The van der Waals surface area contributed by atoms with Crippen LogP contribution in [0.5, 0.6) is 5.75 Å². The van der Waals surface area contributed by atoms with Crippen molar-refractivity contribution in [2.45, 2.75) is 0 Å². The Labute approximate surface area is 159 Å². The van der Waals surface area contributed by atoms with Gasteiger partial charge in [-0.1, -0.05) is 36.4 Å². The van der Waals surface area contributed by atoms with Crippen LogP contribution >= 0.6 is 11.6 Å². The number of aromatic carboxylic acids is 1. The first-order valence-corrected chi connectivity index (χ1v) is 8.34. The zero-order valence-electron chi connectivity index (χ0n) is 14.1. The maximum Gasteiger partial charge on any atom is 0.335 e. The third-order valence-corrected chi connectivity index (χ3v) is 3.99. The van der Waals surface area contributed by atoms with Crippen LogP contribution in [0.3, 0.4) is 0 Å². The van der Waals surface area contributed by atoms with Crippen molar-refractivity contribution < 1.29 is 14.6 Å². The van der Waals surface area contributed by atoms with Gasteiger partial charge in [0, 0.05) is 0 Å². The number of halogens is 1. The van der Waals surface area contributed by atoms with Crippen molar-refractivity contribution in [2.24, 2.45) is 0 Å². The average molecular weight is 383 g/mol. The van der Waals surface area contributed by atoms with E-state index in [1.807, 2.05) is 12.1 Å². The summed E-state index contributed by atoms with van der Waals surface area (Å²) in [5.41, 5.74) is 0.645. The second kappa shape index (κ2) is 7.88. The molecule has 0 spiro atoms. The molecule has 1 heterocycles. The minimum absolute atomic E-state index is 0.0405. The number of carbonyl (C=O) groups is 1. The number of carboxylic acids is 1. The highest BCUT2D eigenvalue weighted by atomic mass is 35.5. The Kier molecular flexibility index (Phi) is 5.38. The van der Waals surface area contributed by atoms with Gasteiger partial charge in [-0.25, -0.2) is 9.78 Å². The minimum Gasteiger partial charge on any atom is -0.490 e. The number of H-pyrrole nitrogens is 1. The zero-order chi connectivity index (χ0) is 19.4. The number of aromatic amines is 1. The van der Waals surface area contributed by atoms with Crippen molar-refractivity contribution in [2.75, 3.05) is 6.61 Å². The molecule has 7 heteroatoms. The third-order valence-electron chi connectivity index (χ3n) is 3.70. The van der Waals surface area contributed by atoms with E-state index in [9.17, 15) is 9.59 Å². The molecule has 0 atom stereocenters. The minimum atomic E-state index is -1.10. The van der Waals surface area contributed by atoms with Gasteiger partial charge >= 0.3 is 5.97 Å². The molecule has 0 bridgehead atoms. The molecule has 0 aliphatic rings. The van der Waals surface area contributed by atoms with E-state index in [-0.39, 0.29) is 27.3 Å². The van der Waals surface area contributed by atoms with Crippen molar-refractivity contribution in [3.8, 4) is 5.75 Å². The maximum atomic E-state index is 12.3. The third kappa shape index (κ3) is 4.24. The molecule has 0 saturated heterocycles. The lowest BCUT2D eigenvalue weighted by Crippen LogP contribution is -2.11. The molecule has 2 aromatic carbocycles. The van der Waals surface area contributed by atoms with Crippen LogP contribution in [-0.4, -0.2) is 27.7 Å². The van der Waals surface area contributed by atoms with E-state index in [1.54, 1.807) is 24.3 Å². The molecule has 1 aromatic heterocycles. The van der Waals surface area contributed by atoms with E-state index in [4.69, 9.17) is 21.4 Å². The standard InChI is InChI=1S/C20H15ClN2O4/c1-2-8-27-14-5-3-4-12(9-14)10-16(21)18-22-17-11-13(20(25)26)6-7-15(17)19(24)23-18/h2-7,9-11H,1,8H2,(H,25,26)(H,22,23,24). The number of nitrogens with zero attached hydrogens (tertiary/aromatic N) is 1. The first kappa shape index (κ1) is 18.4. The van der Waals surface area contributed by atoms with Gasteiger partial charge in [-0.05, 0) is 42.0 Å². The Bertz CT molecular complexity index is 1120. The van der Waals surface area contributed by atoms with E-state index in [2.05, 4.69) is 16.5 Å². The monoisotopic (exact) mass is 382 g/mol. The fourth-order valence-electron chi connectivity index (χ4n) is 2.45. The normalized spacial score (nSPS) is 11.4. The van der Waals surface area contributed by atoms with Gasteiger partial charge in [-0.15, -0.1) is 0 Å². The second-order valence-corrected chi connectivity index (χ2v) is 6.02. The molecule has 3 rings (SSSR count). The Hall–Kier alpha value is -3.38. The summed E-state index contributed by atoms with van der Waals surface area (Å²) in [5, 5.41) is 9.59. The number of rotatable bonds is 6. The molecule has 0 aliphatic carbocycles. The topological polar surface area (TPSA) is 92.3 Å². The molecule has 27 heavy (non-hydrogen) atoms. The summed E-state index contributed by atoms with van der Waals surface area (Å²) in [6, 6.07) is 11.3. The molecule has 0 aliphatic heterocycles. The van der Waals surface area contributed by atoms with Crippen molar-refractivity contribution in [1.82, 2.24) is 9.97 Å². The summed E-state index contributed by atoms with van der Waals surface area (Å²) in [6.45, 7) is 3.98. The van der Waals surface area contributed by atoms with Gasteiger partial charge < -0.3 is 14.8 Å². The molecular weight excluding hydrogens is 368 g/mol. The number of fused-ring (bicyclic) bond motifs is 1. The van der Waals surface area contributed by atoms with Gasteiger partial charge in [0.2, 0.25) is 0 Å². The summed E-state index contributed by atoms with van der Waals surface area (Å²) in [5.74, 6) is -0.299. The summed E-state index contributed by atoms with van der Waals surface area (Å²) in [7, 11) is 0. The average Bonchev–Trinajstić information content (AvgIpc) is 2.66. The Morgan fingerprint density at radius 2 is 2.11 bits per heavy atom. The predicted octanol–water partition coefficient (Wildman–Crippen LogP) is 3.92. The van der Waals surface area contributed by atoms with Crippen molar-refractivity contribution in [3.05, 3.63) is 82.4 Å². The van der Waals surface area contributed by atoms with Crippen LogP contribution in [0, 0.1) is 0 Å². The number of aromatic nitrogens is 2. The molecule has 0 fully saturated rings. The first-order chi connectivity index (χ1) is 13.0. The fraction of sp³-hybridized carbons (Fsp3) is 0.0500. The van der Waals surface area contributed by atoms with Gasteiger partial charge in [0.05, 0.1) is 21.5 Å². The van der Waals surface area contributed by atoms with E-state index < -0.39 is 11.5 Å². The van der Waals surface area contributed by atoms with Gasteiger partial charge in [0.1, 0.15) is 12.4 Å². The highest BCUT2D eigenvalue weighted by Gasteiger charge is 2.10. The summed E-state index contributed by atoms with van der Waals surface area (Å²) < 4.78 is 5.48. The van der Waals surface area contributed by atoms with Crippen LogP contribution in [0.2, 0.25) is 0 Å². The van der Waals surface area contributed by atoms with Crippen LogP contribution in [0.15, 0.2) is 59.9 Å². The summed E-state index contributed by atoms with van der Waals surface area (Å²) >= 11 is 6.33. The van der Waals surface area contributed by atoms with Gasteiger partial charge in [-0.2, -0.15) is 0 Å². The molecule has 2 N–H and O–H groups in total. The highest BCUT2D eigenvalue weighted by Crippen LogP contribution is 2.22.